The Morgan fingerprint density at radius 1 is 0.717 bits per heavy atom. The number of piperidine rings is 2. The van der Waals surface area contributed by atoms with Gasteiger partial charge in [0.2, 0.25) is 6.79 Å². The number of hydrogen-bond donors (Lipinski definition) is 0. The van der Waals surface area contributed by atoms with Crippen molar-refractivity contribution >= 4 is 32.4 Å². The summed E-state index contributed by atoms with van der Waals surface area (Å²) in [6, 6.07) is 12.2. The van der Waals surface area contributed by atoms with Gasteiger partial charge in [0, 0.05) is 29.2 Å². The highest BCUT2D eigenvalue weighted by Gasteiger charge is 2.24. The van der Waals surface area contributed by atoms with E-state index in [9.17, 15) is 4.79 Å². The second-order valence-electron chi connectivity index (χ2n) is 13.9. The number of nitrogens with zero attached hydrogens (tertiary/aromatic N) is 4. The van der Waals surface area contributed by atoms with Crippen LogP contribution in [0.5, 0.6) is 23.0 Å². The smallest absolute Gasteiger partial charge is 0.259 e. The Balaban J connectivity index is 1.28. The van der Waals surface area contributed by atoms with Crippen LogP contribution in [0.2, 0.25) is 0 Å². The zero-order valence-electron chi connectivity index (χ0n) is 27.8. The number of likely N-dealkylation sites (N-methyl/N-ethyl adjacent to an activating group) is 1. The maximum absolute atomic E-state index is 14.5. The van der Waals surface area contributed by atoms with Gasteiger partial charge in [-0.05, 0) is 81.5 Å². The topological polar surface area (TPSA) is 65.4 Å². The Morgan fingerprint density at radius 2 is 1.37 bits per heavy atom. The molecular formula is C37H49N4O5+. The molecule has 1 aromatic heterocycles. The van der Waals surface area contributed by atoms with Crippen molar-refractivity contribution in [3.63, 3.8) is 0 Å². The molecule has 0 bridgehead atoms. The van der Waals surface area contributed by atoms with Gasteiger partial charge in [0.25, 0.3) is 5.56 Å². The largest absolute Gasteiger partial charge is 0.493 e. The van der Waals surface area contributed by atoms with E-state index in [0.29, 0.717) is 35.8 Å². The molecule has 46 heavy (non-hydrogen) atoms. The maximum Gasteiger partial charge on any atom is 0.259 e. The Morgan fingerprint density at radius 3 is 2.09 bits per heavy atom. The summed E-state index contributed by atoms with van der Waals surface area (Å²) in [5.41, 5.74) is 0.913. The molecule has 0 spiro atoms. The van der Waals surface area contributed by atoms with Crippen molar-refractivity contribution in [2.45, 2.75) is 45.1 Å². The Bertz CT molecular complexity index is 1770. The Hall–Kier alpha value is -3.53. The van der Waals surface area contributed by atoms with Crippen LogP contribution in [0.3, 0.4) is 0 Å². The summed E-state index contributed by atoms with van der Waals surface area (Å²) in [6.45, 7) is 9.89. The highest BCUT2D eigenvalue weighted by Crippen LogP contribution is 2.41. The minimum atomic E-state index is -0.0122. The van der Waals surface area contributed by atoms with E-state index in [1.807, 2.05) is 28.8 Å². The molecule has 4 aromatic rings. The van der Waals surface area contributed by atoms with Crippen LogP contribution in [0.4, 0.5) is 0 Å². The predicted molar refractivity (Wildman–Crippen MR) is 184 cm³/mol. The second-order valence-corrected chi connectivity index (χ2v) is 13.9. The highest BCUT2D eigenvalue weighted by atomic mass is 16.7. The fourth-order valence-electron chi connectivity index (χ4n) is 7.44. The summed E-state index contributed by atoms with van der Waals surface area (Å²) in [6.07, 6.45) is 7.75. The molecule has 9 nitrogen and oxygen atoms in total. The molecular weight excluding hydrogens is 580 g/mol. The number of hydrogen-bond acceptors (Lipinski definition) is 7. The van der Waals surface area contributed by atoms with Crippen LogP contribution in [-0.4, -0.2) is 106 Å². The summed E-state index contributed by atoms with van der Waals surface area (Å²) in [4.78, 5) is 19.6. The SMILES string of the molecule is COc1cc2c(=O)n(CC[N+](C)(C)CCN3CCCCC3)c3c4cc5c(cc4ccc3c2cc1OCCN1CCCCC1)OCO5. The lowest BCUT2D eigenvalue weighted by Crippen LogP contribution is -2.48. The Labute approximate surface area is 271 Å². The standard InChI is InChI=1S/C37H49N4O5/c1-41(2,19-16-38-12-6-4-7-13-38)20-17-40-36-28(11-10-27-22-33-35(23-29(27)36)46-26-45-33)30-24-34(32(43-3)25-31(30)37(40)42)44-21-18-39-14-8-5-9-15-39/h10-11,22-25H,4-9,12-21,26H2,1-3H3/q+1. The Kier molecular flexibility index (Phi) is 8.99. The number of pyridine rings is 1. The first-order valence-electron chi connectivity index (χ1n) is 17.2. The molecule has 0 N–H and O–H groups in total. The quantitative estimate of drug-likeness (QED) is 0.161. The summed E-state index contributed by atoms with van der Waals surface area (Å²) < 4.78 is 26.5. The van der Waals surface area contributed by atoms with Gasteiger partial charge >= 0.3 is 0 Å². The molecule has 2 saturated heterocycles. The van der Waals surface area contributed by atoms with Crippen LogP contribution < -0.4 is 24.5 Å². The van der Waals surface area contributed by atoms with Gasteiger partial charge in [-0.25, -0.2) is 0 Å². The van der Waals surface area contributed by atoms with Gasteiger partial charge in [-0.2, -0.15) is 0 Å². The molecule has 2 fully saturated rings. The van der Waals surface area contributed by atoms with Crippen LogP contribution in [0.25, 0.3) is 32.4 Å². The van der Waals surface area contributed by atoms with Gasteiger partial charge in [0.1, 0.15) is 6.61 Å². The molecule has 0 atom stereocenters. The van der Waals surface area contributed by atoms with Crippen LogP contribution in [0.15, 0.2) is 41.2 Å². The first-order chi connectivity index (χ1) is 22.4. The lowest BCUT2D eigenvalue weighted by atomic mass is 9.99. The third kappa shape index (κ3) is 6.37. The fraction of sp³-hybridized carbons (Fsp3) is 0.541. The first-order valence-corrected chi connectivity index (χ1v) is 17.2. The fourth-order valence-corrected chi connectivity index (χ4v) is 7.44. The van der Waals surface area contributed by atoms with Crippen molar-refractivity contribution in [3.8, 4) is 23.0 Å². The second kappa shape index (κ2) is 13.3. The minimum absolute atomic E-state index is 0.0122. The molecule has 0 saturated carbocycles. The van der Waals surface area contributed by atoms with E-state index >= 15 is 0 Å². The lowest BCUT2D eigenvalue weighted by Gasteiger charge is -2.34. The van der Waals surface area contributed by atoms with E-state index < -0.39 is 0 Å². The number of ether oxygens (including phenoxy) is 4. The average molecular weight is 630 g/mol. The van der Waals surface area contributed by atoms with Crippen molar-refractivity contribution in [1.82, 2.24) is 14.4 Å². The number of quaternary nitrogens is 1. The molecule has 0 aliphatic carbocycles. The van der Waals surface area contributed by atoms with Crippen molar-refractivity contribution < 1.29 is 23.4 Å². The molecule has 9 heteroatoms. The van der Waals surface area contributed by atoms with E-state index in [1.165, 1.54) is 51.6 Å². The van der Waals surface area contributed by atoms with Crippen LogP contribution in [0.1, 0.15) is 38.5 Å². The van der Waals surface area contributed by atoms with Crippen molar-refractivity contribution in [2.24, 2.45) is 0 Å². The average Bonchev–Trinajstić information content (AvgIpc) is 3.54. The molecule has 0 unspecified atom stereocenters. The van der Waals surface area contributed by atoms with Gasteiger partial charge in [-0.3, -0.25) is 14.6 Å². The third-order valence-corrected chi connectivity index (χ3v) is 10.3. The number of fused-ring (bicyclic) bond motifs is 6. The van der Waals surface area contributed by atoms with Gasteiger partial charge in [0.15, 0.2) is 23.0 Å². The van der Waals surface area contributed by atoms with E-state index in [0.717, 1.165) is 76.6 Å². The van der Waals surface area contributed by atoms with Crippen LogP contribution in [0, 0.1) is 0 Å². The number of rotatable bonds is 11. The number of aromatic nitrogens is 1. The van der Waals surface area contributed by atoms with Gasteiger partial charge < -0.3 is 28.0 Å². The van der Waals surface area contributed by atoms with Crippen molar-refractivity contribution in [2.75, 3.05) is 87.0 Å². The van der Waals surface area contributed by atoms with E-state index in [4.69, 9.17) is 18.9 Å². The van der Waals surface area contributed by atoms with Crippen LogP contribution in [-0.2, 0) is 6.54 Å². The number of likely N-dealkylation sites (tertiary alicyclic amines) is 2. The molecule has 3 aromatic carbocycles. The predicted octanol–water partition coefficient (Wildman–Crippen LogP) is 5.47. The zero-order valence-corrected chi connectivity index (χ0v) is 27.8. The first kappa shape index (κ1) is 31.1. The maximum atomic E-state index is 14.5. The van der Waals surface area contributed by atoms with Gasteiger partial charge in [0.05, 0.1) is 51.7 Å². The highest BCUT2D eigenvalue weighted by molar-refractivity contribution is 6.16. The summed E-state index contributed by atoms with van der Waals surface area (Å²) in [5, 5.41) is 4.55. The van der Waals surface area contributed by atoms with E-state index in [1.54, 1.807) is 7.11 Å². The summed E-state index contributed by atoms with van der Waals surface area (Å²) >= 11 is 0. The zero-order chi connectivity index (χ0) is 31.7. The molecule has 246 valence electrons. The van der Waals surface area contributed by atoms with Gasteiger partial charge in [-0.1, -0.05) is 25.0 Å². The normalized spacial score (nSPS) is 17.7. The molecule has 3 aliphatic rings. The molecule has 0 radical (unpaired) electrons. The molecule has 4 heterocycles. The monoisotopic (exact) mass is 629 g/mol. The lowest BCUT2D eigenvalue weighted by molar-refractivity contribution is -0.890. The third-order valence-electron chi connectivity index (χ3n) is 10.3. The van der Waals surface area contributed by atoms with Crippen molar-refractivity contribution in [3.05, 3.63) is 46.8 Å². The van der Waals surface area contributed by atoms with E-state index in [2.05, 4.69) is 36.0 Å². The molecule has 3 aliphatic heterocycles. The van der Waals surface area contributed by atoms with Gasteiger partial charge in [-0.15, -0.1) is 0 Å². The summed E-state index contributed by atoms with van der Waals surface area (Å²) in [7, 11) is 6.21. The number of benzene rings is 3. The summed E-state index contributed by atoms with van der Waals surface area (Å²) in [5.74, 6) is 2.72. The number of methoxy groups -OCH3 is 1. The molecule has 0 amide bonds. The molecule has 7 rings (SSSR count). The minimum Gasteiger partial charge on any atom is -0.493 e. The van der Waals surface area contributed by atoms with E-state index in [-0.39, 0.29) is 12.4 Å². The van der Waals surface area contributed by atoms with Crippen LogP contribution >= 0.6 is 0 Å². The van der Waals surface area contributed by atoms with Crippen molar-refractivity contribution in [1.29, 1.82) is 0 Å².